The van der Waals surface area contributed by atoms with Gasteiger partial charge >= 0.3 is 0 Å². The van der Waals surface area contributed by atoms with Crippen molar-refractivity contribution in [2.24, 2.45) is 0 Å². The van der Waals surface area contributed by atoms with Gasteiger partial charge in [-0.1, -0.05) is 92.5 Å². The molecule has 3 heteroatoms. The Balaban J connectivity index is 1.95. The van der Waals surface area contributed by atoms with Crippen LogP contribution < -0.4 is 0 Å². The van der Waals surface area contributed by atoms with Crippen molar-refractivity contribution in [1.29, 1.82) is 0 Å². The zero-order chi connectivity index (χ0) is 18.4. The van der Waals surface area contributed by atoms with Gasteiger partial charge in [-0.3, -0.25) is 0 Å². The molecule has 0 radical (unpaired) electrons. The number of hydrogen-bond acceptors (Lipinski definition) is 0. The van der Waals surface area contributed by atoms with Gasteiger partial charge in [0.15, 0.2) is 0 Å². The Morgan fingerprint density at radius 3 is 2.26 bits per heavy atom. The number of para-hydroxylation sites is 1. The second-order valence-electron chi connectivity index (χ2n) is 6.51. The highest BCUT2D eigenvalue weighted by Gasteiger charge is 2.16. The lowest BCUT2D eigenvalue weighted by Gasteiger charge is -2.14. The molecule has 0 aliphatic heterocycles. The van der Waals surface area contributed by atoms with Crippen LogP contribution in [-0.2, 0) is 0 Å². The Kier molecular flexibility index (Phi) is 4.14. The second-order valence-corrected chi connectivity index (χ2v) is 8.28. The van der Waals surface area contributed by atoms with E-state index in [4.69, 9.17) is 0 Å². The van der Waals surface area contributed by atoms with Gasteiger partial charge in [-0.05, 0) is 35.9 Å². The van der Waals surface area contributed by atoms with Gasteiger partial charge in [-0.2, -0.15) is 0 Å². The molecular formula is C24H15Br2N. The van der Waals surface area contributed by atoms with Crippen molar-refractivity contribution in [2.45, 2.75) is 0 Å². The van der Waals surface area contributed by atoms with E-state index in [9.17, 15) is 0 Å². The van der Waals surface area contributed by atoms with Crippen molar-refractivity contribution >= 4 is 53.7 Å². The summed E-state index contributed by atoms with van der Waals surface area (Å²) in [6.45, 7) is 0. The smallest absolute Gasteiger partial charge is 0.0552 e. The molecule has 0 aliphatic carbocycles. The van der Waals surface area contributed by atoms with Crippen LogP contribution in [0.2, 0.25) is 0 Å². The van der Waals surface area contributed by atoms with E-state index in [1.54, 1.807) is 0 Å². The summed E-state index contributed by atoms with van der Waals surface area (Å²) < 4.78 is 4.55. The van der Waals surface area contributed by atoms with E-state index in [1.807, 2.05) is 0 Å². The molecule has 4 aromatic carbocycles. The minimum Gasteiger partial charge on any atom is -0.309 e. The minimum atomic E-state index is 1.08. The maximum absolute atomic E-state index is 3.76. The zero-order valence-electron chi connectivity index (χ0n) is 14.4. The van der Waals surface area contributed by atoms with Crippen LogP contribution in [0.5, 0.6) is 0 Å². The quantitative estimate of drug-likeness (QED) is 0.243. The highest BCUT2D eigenvalue weighted by Crippen LogP contribution is 2.39. The summed E-state index contributed by atoms with van der Waals surface area (Å²) in [5.74, 6) is 0. The van der Waals surface area contributed by atoms with Crippen molar-refractivity contribution < 1.29 is 0 Å². The summed E-state index contributed by atoms with van der Waals surface area (Å²) in [7, 11) is 0. The third-order valence-electron chi connectivity index (χ3n) is 4.93. The van der Waals surface area contributed by atoms with Gasteiger partial charge in [-0.15, -0.1) is 0 Å². The number of hydrogen-bond donors (Lipinski definition) is 0. The number of nitrogens with zero attached hydrogens (tertiary/aromatic N) is 1. The topological polar surface area (TPSA) is 4.93 Å². The van der Waals surface area contributed by atoms with E-state index in [1.165, 1.54) is 38.6 Å². The molecule has 5 rings (SSSR count). The second kappa shape index (κ2) is 6.66. The first kappa shape index (κ1) is 16.8. The molecule has 27 heavy (non-hydrogen) atoms. The fourth-order valence-electron chi connectivity index (χ4n) is 3.79. The molecule has 0 atom stereocenters. The number of halogens is 2. The molecule has 1 aromatic heterocycles. The van der Waals surface area contributed by atoms with E-state index in [0.29, 0.717) is 0 Å². The van der Waals surface area contributed by atoms with Gasteiger partial charge < -0.3 is 4.57 Å². The molecule has 5 aromatic rings. The predicted octanol–water partition coefficient (Wildman–Crippen LogP) is 7.98. The summed E-state index contributed by atoms with van der Waals surface area (Å²) in [5, 5.41) is 2.48. The van der Waals surface area contributed by atoms with Crippen LogP contribution in [0.15, 0.2) is 99.9 Å². The van der Waals surface area contributed by atoms with Gasteiger partial charge in [0.05, 0.1) is 16.7 Å². The predicted molar refractivity (Wildman–Crippen MR) is 122 cm³/mol. The molecule has 1 heterocycles. The lowest BCUT2D eigenvalue weighted by molar-refractivity contribution is 1.18. The third kappa shape index (κ3) is 2.73. The molecule has 0 N–H and O–H groups in total. The molecule has 0 fully saturated rings. The SMILES string of the molecule is Brc1ccc2c3c(Br)cccc3n(-c3ccccc3-c3ccccc3)c2c1. The highest BCUT2D eigenvalue weighted by atomic mass is 79.9. The number of fused-ring (bicyclic) bond motifs is 3. The van der Waals surface area contributed by atoms with E-state index in [2.05, 4.69) is 127 Å². The van der Waals surface area contributed by atoms with E-state index in [-0.39, 0.29) is 0 Å². The summed E-state index contributed by atoms with van der Waals surface area (Å²) in [4.78, 5) is 0. The average Bonchev–Trinajstić information content (AvgIpc) is 3.03. The largest absolute Gasteiger partial charge is 0.309 e. The van der Waals surface area contributed by atoms with Crippen LogP contribution in [0.25, 0.3) is 38.6 Å². The lowest BCUT2D eigenvalue weighted by Crippen LogP contribution is -1.97. The van der Waals surface area contributed by atoms with Crippen molar-refractivity contribution in [3.05, 3.63) is 99.9 Å². The fraction of sp³-hybridized carbons (Fsp3) is 0. The minimum absolute atomic E-state index is 1.08. The molecule has 0 spiro atoms. The van der Waals surface area contributed by atoms with E-state index >= 15 is 0 Å². The van der Waals surface area contributed by atoms with Crippen molar-refractivity contribution in [3.8, 4) is 16.8 Å². The molecule has 0 bridgehead atoms. The standard InChI is InChI=1S/C24H15Br2N/c25-17-13-14-19-23(15-17)27(22-12-6-10-20(26)24(19)22)21-11-5-4-9-18(21)16-7-2-1-3-8-16/h1-15H. The maximum atomic E-state index is 3.76. The molecular weight excluding hydrogens is 462 g/mol. The first-order valence-electron chi connectivity index (χ1n) is 8.77. The van der Waals surface area contributed by atoms with Crippen molar-refractivity contribution in [2.75, 3.05) is 0 Å². The van der Waals surface area contributed by atoms with Crippen LogP contribution in [0.3, 0.4) is 0 Å². The number of benzene rings is 4. The molecule has 130 valence electrons. The summed E-state index contributed by atoms with van der Waals surface area (Å²) in [5.41, 5.74) is 6.00. The Bertz CT molecular complexity index is 1290. The van der Waals surface area contributed by atoms with Gasteiger partial charge in [0, 0.05) is 25.3 Å². The summed E-state index contributed by atoms with van der Waals surface area (Å²) in [6, 6.07) is 32.1. The van der Waals surface area contributed by atoms with E-state index in [0.717, 1.165) is 8.95 Å². The third-order valence-corrected chi connectivity index (χ3v) is 6.09. The van der Waals surface area contributed by atoms with Crippen LogP contribution in [0.4, 0.5) is 0 Å². The Morgan fingerprint density at radius 1 is 0.630 bits per heavy atom. The Hall–Kier alpha value is -2.36. The first-order valence-corrected chi connectivity index (χ1v) is 10.4. The lowest BCUT2D eigenvalue weighted by atomic mass is 10.0. The monoisotopic (exact) mass is 475 g/mol. The average molecular weight is 477 g/mol. The summed E-state index contributed by atoms with van der Waals surface area (Å²) in [6.07, 6.45) is 0. The molecule has 0 unspecified atom stereocenters. The summed E-state index contributed by atoms with van der Waals surface area (Å²) >= 11 is 7.41. The molecule has 0 saturated heterocycles. The van der Waals surface area contributed by atoms with Crippen molar-refractivity contribution in [3.63, 3.8) is 0 Å². The molecule has 0 saturated carbocycles. The van der Waals surface area contributed by atoms with Gasteiger partial charge in [0.1, 0.15) is 0 Å². The molecule has 0 aliphatic rings. The number of rotatable bonds is 2. The molecule has 0 amide bonds. The van der Waals surface area contributed by atoms with Gasteiger partial charge in [0.25, 0.3) is 0 Å². The van der Waals surface area contributed by atoms with Gasteiger partial charge in [0.2, 0.25) is 0 Å². The number of aromatic nitrogens is 1. The van der Waals surface area contributed by atoms with Crippen LogP contribution in [-0.4, -0.2) is 4.57 Å². The maximum Gasteiger partial charge on any atom is 0.0552 e. The fourth-order valence-corrected chi connectivity index (χ4v) is 4.70. The van der Waals surface area contributed by atoms with E-state index < -0.39 is 0 Å². The first-order chi connectivity index (χ1) is 13.2. The Labute approximate surface area is 174 Å². The normalized spacial score (nSPS) is 11.3. The van der Waals surface area contributed by atoms with Crippen LogP contribution >= 0.6 is 31.9 Å². The Morgan fingerprint density at radius 2 is 1.41 bits per heavy atom. The van der Waals surface area contributed by atoms with Crippen LogP contribution in [0, 0.1) is 0 Å². The van der Waals surface area contributed by atoms with Crippen LogP contribution in [0.1, 0.15) is 0 Å². The van der Waals surface area contributed by atoms with Gasteiger partial charge in [-0.25, -0.2) is 0 Å². The van der Waals surface area contributed by atoms with Crippen molar-refractivity contribution in [1.82, 2.24) is 4.57 Å². The molecule has 1 nitrogen and oxygen atoms in total. The zero-order valence-corrected chi connectivity index (χ0v) is 17.5. The highest BCUT2D eigenvalue weighted by molar-refractivity contribution is 9.11.